The lowest BCUT2D eigenvalue weighted by atomic mass is 10.1. The number of pyridine rings is 1. The van der Waals surface area contributed by atoms with E-state index < -0.39 is 0 Å². The van der Waals surface area contributed by atoms with E-state index in [2.05, 4.69) is 10.1 Å². The molecule has 4 heteroatoms. The summed E-state index contributed by atoms with van der Waals surface area (Å²) in [7, 11) is 0. The molecule has 0 aliphatic carbocycles. The van der Waals surface area contributed by atoms with Crippen LogP contribution in [0.5, 0.6) is 0 Å². The van der Waals surface area contributed by atoms with Gasteiger partial charge < -0.3 is 4.52 Å². The van der Waals surface area contributed by atoms with Crippen molar-refractivity contribution in [3.63, 3.8) is 0 Å². The van der Waals surface area contributed by atoms with Crippen LogP contribution in [0.15, 0.2) is 59.4 Å². The van der Waals surface area contributed by atoms with Crippen LogP contribution >= 0.6 is 11.6 Å². The highest BCUT2D eigenvalue weighted by molar-refractivity contribution is 6.33. The molecule has 88 valence electrons. The summed E-state index contributed by atoms with van der Waals surface area (Å²) >= 11 is 6.11. The Morgan fingerprint density at radius 3 is 2.72 bits per heavy atom. The Morgan fingerprint density at radius 1 is 1.06 bits per heavy atom. The minimum atomic E-state index is 0.645. The molecule has 0 spiro atoms. The van der Waals surface area contributed by atoms with E-state index in [-0.39, 0.29) is 0 Å². The van der Waals surface area contributed by atoms with Crippen LogP contribution in [0.1, 0.15) is 0 Å². The van der Waals surface area contributed by atoms with Gasteiger partial charge in [-0.25, -0.2) is 0 Å². The number of aromatic nitrogens is 2. The highest BCUT2D eigenvalue weighted by Crippen LogP contribution is 2.30. The summed E-state index contributed by atoms with van der Waals surface area (Å²) in [4.78, 5) is 4.05. The van der Waals surface area contributed by atoms with E-state index in [9.17, 15) is 0 Å². The van der Waals surface area contributed by atoms with Gasteiger partial charge in [-0.1, -0.05) is 28.9 Å². The van der Waals surface area contributed by atoms with Gasteiger partial charge in [0.25, 0.3) is 0 Å². The molecule has 3 aromatic rings. The third-order valence-corrected chi connectivity index (χ3v) is 2.94. The molecule has 18 heavy (non-hydrogen) atoms. The average Bonchev–Trinajstić information content (AvgIpc) is 2.90. The topological polar surface area (TPSA) is 38.9 Å². The Labute approximate surface area is 109 Å². The van der Waals surface area contributed by atoms with E-state index in [0.717, 1.165) is 16.8 Å². The van der Waals surface area contributed by atoms with Crippen LogP contribution in [0.4, 0.5) is 0 Å². The van der Waals surface area contributed by atoms with Crippen LogP contribution < -0.4 is 0 Å². The van der Waals surface area contributed by atoms with Crippen molar-refractivity contribution in [1.82, 2.24) is 10.1 Å². The molecule has 0 saturated carbocycles. The first-order valence-corrected chi connectivity index (χ1v) is 5.84. The van der Waals surface area contributed by atoms with E-state index in [4.69, 9.17) is 16.1 Å². The summed E-state index contributed by atoms with van der Waals surface area (Å²) in [6.45, 7) is 0. The summed E-state index contributed by atoms with van der Waals surface area (Å²) in [5.41, 5.74) is 2.50. The lowest BCUT2D eigenvalue weighted by molar-refractivity contribution is 0.435. The number of hydrogen-bond donors (Lipinski definition) is 0. The van der Waals surface area contributed by atoms with Crippen molar-refractivity contribution in [2.45, 2.75) is 0 Å². The highest BCUT2D eigenvalue weighted by Gasteiger charge is 2.10. The molecule has 0 saturated heterocycles. The maximum absolute atomic E-state index is 6.11. The van der Waals surface area contributed by atoms with Gasteiger partial charge in [-0.3, -0.25) is 4.98 Å². The Balaban J connectivity index is 2.03. The maximum Gasteiger partial charge on any atom is 0.168 e. The molecule has 0 aliphatic heterocycles. The quantitative estimate of drug-likeness (QED) is 0.694. The first-order chi connectivity index (χ1) is 8.84. The fraction of sp³-hybridized carbons (Fsp3) is 0. The van der Waals surface area contributed by atoms with Gasteiger partial charge in [0.2, 0.25) is 0 Å². The van der Waals surface area contributed by atoms with Crippen molar-refractivity contribution in [1.29, 1.82) is 0 Å². The molecule has 0 atom stereocenters. The molecule has 0 radical (unpaired) electrons. The fourth-order valence-electron chi connectivity index (χ4n) is 1.71. The van der Waals surface area contributed by atoms with E-state index in [1.165, 1.54) is 0 Å². The SMILES string of the molecule is Clc1ccccc1-c1cc(-c2cccnc2)no1. The van der Waals surface area contributed by atoms with Gasteiger partial charge >= 0.3 is 0 Å². The van der Waals surface area contributed by atoms with E-state index >= 15 is 0 Å². The average molecular weight is 257 g/mol. The molecule has 0 unspecified atom stereocenters. The molecule has 1 aromatic carbocycles. The highest BCUT2D eigenvalue weighted by atomic mass is 35.5. The summed E-state index contributed by atoms with van der Waals surface area (Å²) < 4.78 is 5.32. The molecule has 0 amide bonds. The van der Waals surface area contributed by atoms with Gasteiger partial charge in [0, 0.05) is 29.6 Å². The van der Waals surface area contributed by atoms with Gasteiger partial charge in [-0.15, -0.1) is 0 Å². The van der Waals surface area contributed by atoms with Crippen molar-refractivity contribution in [3.8, 4) is 22.6 Å². The molecule has 0 fully saturated rings. The first-order valence-electron chi connectivity index (χ1n) is 5.46. The molecule has 0 N–H and O–H groups in total. The number of benzene rings is 1. The smallest absolute Gasteiger partial charge is 0.168 e. The predicted molar refractivity (Wildman–Crippen MR) is 70.2 cm³/mol. The molecular weight excluding hydrogens is 248 g/mol. The molecule has 2 heterocycles. The molecule has 0 bridgehead atoms. The molecule has 3 rings (SSSR count). The Morgan fingerprint density at radius 2 is 1.94 bits per heavy atom. The minimum Gasteiger partial charge on any atom is -0.356 e. The molecule has 0 aliphatic rings. The first kappa shape index (κ1) is 11.0. The van der Waals surface area contributed by atoms with Crippen LogP contribution in [0.2, 0.25) is 5.02 Å². The zero-order valence-corrected chi connectivity index (χ0v) is 10.1. The molecular formula is C14H9ClN2O. The van der Waals surface area contributed by atoms with Crippen molar-refractivity contribution in [3.05, 3.63) is 59.9 Å². The van der Waals surface area contributed by atoms with E-state index in [1.807, 2.05) is 42.5 Å². The lowest BCUT2D eigenvalue weighted by Gasteiger charge is -1.96. The predicted octanol–water partition coefficient (Wildman–Crippen LogP) is 4.06. The normalized spacial score (nSPS) is 10.5. The fourth-order valence-corrected chi connectivity index (χ4v) is 1.94. The summed E-state index contributed by atoms with van der Waals surface area (Å²) in [5, 5.41) is 4.68. The Bertz CT molecular complexity index is 664. The van der Waals surface area contributed by atoms with Crippen molar-refractivity contribution in [2.75, 3.05) is 0 Å². The van der Waals surface area contributed by atoms with Gasteiger partial charge in [-0.05, 0) is 24.3 Å². The minimum absolute atomic E-state index is 0.645. The van der Waals surface area contributed by atoms with Crippen LogP contribution in [-0.2, 0) is 0 Å². The van der Waals surface area contributed by atoms with Gasteiger partial charge in [0.1, 0.15) is 5.69 Å². The lowest BCUT2D eigenvalue weighted by Crippen LogP contribution is -1.77. The van der Waals surface area contributed by atoms with Crippen molar-refractivity contribution in [2.24, 2.45) is 0 Å². The zero-order valence-electron chi connectivity index (χ0n) is 9.38. The van der Waals surface area contributed by atoms with E-state index in [1.54, 1.807) is 12.4 Å². The standard InChI is InChI=1S/C14H9ClN2O/c15-12-6-2-1-5-11(12)14-8-13(17-18-14)10-4-3-7-16-9-10/h1-9H. The third-order valence-electron chi connectivity index (χ3n) is 2.61. The number of hydrogen-bond acceptors (Lipinski definition) is 3. The summed E-state index contributed by atoms with van der Waals surface area (Å²) in [6.07, 6.45) is 3.47. The number of nitrogens with zero attached hydrogens (tertiary/aromatic N) is 2. The second kappa shape index (κ2) is 4.63. The van der Waals surface area contributed by atoms with Crippen LogP contribution in [0.3, 0.4) is 0 Å². The second-order valence-electron chi connectivity index (χ2n) is 3.80. The van der Waals surface area contributed by atoms with Crippen LogP contribution in [0, 0.1) is 0 Å². The molecule has 2 aromatic heterocycles. The van der Waals surface area contributed by atoms with Crippen molar-refractivity contribution >= 4 is 11.6 Å². The van der Waals surface area contributed by atoms with Crippen molar-refractivity contribution < 1.29 is 4.52 Å². The number of halogens is 1. The largest absolute Gasteiger partial charge is 0.356 e. The zero-order chi connectivity index (χ0) is 12.4. The van der Waals surface area contributed by atoms with E-state index in [0.29, 0.717) is 10.8 Å². The van der Waals surface area contributed by atoms with Crippen LogP contribution in [0.25, 0.3) is 22.6 Å². The second-order valence-corrected chi connectivity index (χ2v) is 4.21. The Hall–Kier alpha value is -2.13. The molecule has 3 nitrogen and oxygen atoms in total. The van der Waals surface area contributed by atoms with Gasteiger partial charge in [-0.2, -0.15) is 0 Å². The number of rotatable bonds is 2. The van der Waals surface area contributed by atoms with Gasteiger partial charge in [0.05, 0.1) is 5.02 Å². The maximum atomic E-state index is 6.11. The third kappa shape index (κ3) is 2.00. The Kier molecular flexibility index (Phi) is 2.82. The van der Waals surface area contributed by atoms with Crippen LogP contribution in [-0.4, -0.2) is 10.1 Å². The monoisotopic (exact) mass is 256 g/mol. The summed E-state index contributed by atoms with van der Waals surface area (Å²) in [5.74, 6) is 0.652. The summed E-state index contributed by atoms with van der Waals surface area (Å²) in [6, 6.07) is 13.2. The van der Waals surface area contributed by atoms with Gasteiger partial charge in [0.15, 0.2) is 5.76 Å².